The highest BCUT2D eigenvalue weighted by Gasteiger charge is 2.29. The van der Waals surface area contributed by atoms with Gasteiger partial charge in [-0.3, -0.25) is 14.8 Å². The van der Waals surface area contributed by atoms with Crippen LogP contribution in [0.1, 0.15) is 34.1 Å². The Balaban J connectivity index is 1.51. The minimum atomic E-state index is -0.0509. The summed E-state index contributed by atoms with van der Waals surface area (Å²) >= 11 is 0. The van der Waals surface area contributed by atoms with Gasteiger partial charge in [-0.2, -0.15) is 0 Å². The molecule has 1 amide bonds. The van der Waals surface area contributed by atoms with E-state index in [1.165, 1.54) is 6.33 Å². The van der Waals surface area contributed by atoms with Crippen LogP contribution in [0.5, 0.6) is 0 Å². The Labute approximate surface area is 156 Å². The lowest BCUT2D eigenvalue weighted by Crippen LogP contribution is -2.29. The maximum absolute atomic E-state index is 12.6. The SMILES string of the molecule is Cc1noc(C)c1-c1nccnc1CC1CCN(C(=O)c2ccncn2)C1. The number of rotatable bonds is 4. The van der Waals surface area contributed by atoms with E-state index in [-0.39, 0.29) is 5.91 Å². The van der Waals surface area contributed by atoms with Crippen LogP contribution in [0, 0.1) is 19.8 Å². The van der Waals surface area contributed by atoms with Gasteiger partial charge in [0, 0.05) is 31.7 Å². The summed E-state index contributed by atoms with van der Waals surface area (Å²) in [5.41, 5.74) is 3.87. The summed E-state index contributed by atoms with van der Waals surface area (Å²) in [6, 6.07) is 1.65. The van der Waals surface area contributed by atoms with E-state index in [0.717, 1.165) is 41.2 Å². The predicted octanol–water partition coefficient (Wildman–Crippen LogP) is 2.24. The number of aryl methyl sites for hydroxylation is 2. The van der Waals surface area contributed by atoms with Crippen molar-refractivity contribution in [3.63, 3.8) is 0 Å². The summed E-state index contributed by atoms with van der Waals surface area (Å²) in [5.74, 6) is 1.01. The first-order valence-corrected chi connectivity index (χ1v) is 8.92. The molecule has 0 saturated carbocycles. The van der Waals surface area contributed by atoms with Crippen molar-refractivity contribution in [2.75, 3.05) is 13.1 Å². The van der Waals surface area contributed by atoms with Gasteiger partial charge in [-0.15, -0.1) is 0 Å². The molecule has 1 aliphatic heterocycles. The van der Waals surface area contributed by atoms with E-state index in [9.17, 15) is 4.79 Å². The topological polar surface area (TPSA) is 97.9 Å². The van der Waals surface area contributed by atoms with Crippen molar-refractivity contribution in [2.45, 2.75) is 26.7 Å². The Kier molecular flexibility index (Phi) is 4.62. The van der Waals surface area contributed by atoms with Crippen LogP contribution in [0.2, 0.25) is 0 Å². The maximum atomic E-state index is 12.6. The second kappa shape index (κ2) is 7.22. The normalized spacial score (nSPS) is 16.7. The summed E-state index contributed by atoms with van der Waals surface area (Å²) in [7, 11) is 0. The van der Waals surface area contributed by atoms with Crippen molar-refractivity contribution in [3.8, 4) is 11.3 Å². The third-order valence-corrected chi connectivity index (χ3v) is 4.90. The summed E-state index contributed by atoms with van der Waals surface area (Å²) < 4.78 is 5.29. The number of amides is 1. The molecule has 3 aromatic heterocycles. The average molecular weight is 364 g/mol. The standard InChI is InChI=1S/C19H20N6O2/c1-12-17(13(2)27-24-12)18-16(21-6-7-22-18)9-14-4-8-25(10-14)19(26)15-3-5-20-11-23-15/h3,5-7,11,14H,4,8-10H2,1-2H3. The van der Waals surface area contributed by atoms with Gasteiger partial charge in [-0.05, 0) is 38.7 Å². The smallest absolute Gasteiger partial charge is 0.272 e. The fourth-order valence-corrected chi connectivity index (χ4v) is 3.58. The summed E-state index contributed by atoms with van der Waals surface area (Å²) in [4.78, 5) is 31.4. The number of likely N-dealkylation sites (tertiary alicyclic amines) is 1. The average Bonchev–Trinajstić information content (AvgIpc) is 3.29. The van der Waals surface area contributed by atoms with Gasteiger partial charge < -0.3 is 9.42 Å². The van der Waals surface area contributed by atoms with Crippen LogP contribution in [0.4, 0.5) is 0 Å². The fraction of sp³-hybridized carbons (Fsp3) is 0.368. The number of carbonyl (C=O) groups is 1. The first-order chi connectivity index (χ1) is 13.1. The molecule has 0 radical (unpaired) electrons. The van der Waals surface area contributed by atoms with Crippen LogP contribution in [0.25, 0.3) is 11.3 Å². The zero-order chi connectivity index (χ0) is 18.8. The number of nitrogens with zero attached hydrogens (tertiary/aromatic N) is 6. The monoisotopic (exact) mass is 364 g/mol. The molecule has 0 aromatic carbocycles. The molecule has 3 aromatic rings. The van der Waals surface area contributed by atoms with Crippen LogP contribution in [0.15, 0.2) is 35.5 Å². The molecule has 4 rings (SSSR count). The van der Waals surface area contributed by atoms with Gasteiger partial charge in [0.15, 0.2) is 0 Å². The molecule has 1 unspecified atom stereocenters. The van der Waals surface area contributed by atoms with Crippen molar-refractivity contribution < 1.29 is 9.32 Å². The Bertz CT molecular complexity index is 936. The van der Waals surface area contributed by atoms with E-state index >= 15 is 0 Å². The van der Waals surface area contributed by atoms with E-state index in [0.29, 0.717) is 24.7 Å². The molecule has 0 bridgehead atoms. The lowest BCUT2D eigenvalue weighted by Gasteiger charge is -2.16. The van der Waals surface area contributed by atoms with E-state index in [4.69, 9.17) is 4.52 Å². The molecular formula is C19H20N6O2. The third kappa shape index (κ3) is 3.42. The molecule has 1 fully saturated rings. The molecule has 0 aliphatic carbocycles. The molecule has 8 heteroatoms. The minimum absolute atomic E-state index is 0.0509. The zero-order valence-corrected chi connectivity index (χ0v) is 15.3. The van der Waals surface area contributed by atoms with E-state index < -0.39 is 0 Å². The van der Waals surface area contributed by atoms with Crippen LogP contribution < -0.4 is 0 Å². The van der Waals surface area contributed by atoms with Gasteiger partial charge in [-0.25, -0.2) is 9.97 Å². The first-order valence-electron chi connectivity index (χ1n) is 8.92. The highest BCUT2D eigenvalue weighted by atomic mass is 16.5. The predicted molar refractivity (Wildman–Crippen MR) is 96.7 cm³/mol. The van der Waals surface area contributed by atoms with Gasteiger partial charge in [0.2, 0.25) is 0 Å². The van der Waals surface area contributed by atoms with E-state index in [1.807, 2.05) is 18.7 Å². The van der Waals surface area contributed by atoms with E-state index in [1.54, 1.807) is 24.7 Å². The number of carbonyl (C=O) groups excluding carboxylic acids is 1. The summed E-state index contributed by atoms with van der Waals surface area (Å²) in [6.45, 7) is 5.18. The second-order valence-corrected chi connectivity index (χ2v) is 6.76. The van der Waals surface area contributed by atoms with Gasteiger partial charge in [0.05, 0.1) is 22.6 Å². The fourth-order valence-electron chi connectivity index (χ4n) is 3.58. The Morgan fingerprint density at radius 2 is 2.07 bits per heavy atom. The van der Waals surface area contributed by atoms with Gasteiger partial charge in [0.1, 0.15) is 17.8 Å². The molecule has 4 heterocycles. The second-order valence-electron chi connectivity index (χ2n) is 6.76. The number of aromatic nitrogens is 5. The lowest BCUT2D eigenvalue weighted by molar-refractivity contribution is 0.0781. The quantitative estimate of drug-likeness (QED) is 0.700. The van der Waals surface area contributed by atoms with Crippen LogP contribution in [-0.2, 0) is 6.42 Å². The van der Waals surface area contributed by atoms with Crippen molar-refractivity contribution in [1.29, 1.82) is 0 Å². The molecular weight excluding hydrogens is 344 g/mol. The molecule has 138 valence electrons. The highest BCUT2D eigenvalue weighted by Crippen LogP contribution is 2.30. The van der Waals surface area contributed by atoms with Crippen molar-refractivity contribution in [2.24, 2.45) is 5.92 Å². The minimum Gasteiger partial charge on any atom is -0.361 e. The largest absolute Gasteiger partial charge is 0.361 e. The lowest BCUT2D eigenvalue weighted by atomic mass is 9.98. The number of hydrogen-bond acceptors (Lipinski definition) is 7. The zero-order valence-electron chi connectivity index (χ0n) is 15.3. The van der Waals surface area contributed by atoms with Crippen molar-refractivity contribution in [1.82, 2.24) is 30.0 Å². The van der Waals surface area contributed by atoms with Crippen LogP contribution in [0.3, 0.4) is 0 Å². The van der Waals surface area contributed by atoms with Crippen molar-refractivity contribution >= 4 is 5.91 Å². The first kappa shape index (κ1) is 17.3. The Hall–Kier alpha value is -3.16. The summed E-state index contributed by atoms with van der Waals surface area (Å²) in [5, 5.41) is 4.03. The van der Waals surface area contributed by atoms with Gasteiger partial charge in [0.25, 0.3) is 5.91 Å². The molecule has 1 atom stereocenters. The van der Waals surface area contributed by atoms with E-state index in [2.05, 4.69) is 25.1 Å². The van der Waals surface area contributed by atoms with Gasteiger partial charge in [-0.1, -0.05) is 5.16 Å². The third-order valence-electron chi connectivity index (χ3n) is 4.90. The molecule has 1 saturated heterocycles. The molecule has 0 N–H and O–H groups in total. The summed E-state index contributed by atoms with van der Waals surface area (Å²) in [6.07, 6.45) is 8.05. The Morgan fingerprint density at radius 3 is 2.81 bits per heavy atom. The molecule has 0 spiro atoms. The number of hydrogen-bond donors (Lipinski definition) is 0. The van der Waals surface area contributed by atoms with Gasteiger partial charge >= 0.3 is 0 Å². The molecule has 1 aliphatic rings. The molecule has 27 heavy (non-hydrogen) atoms. The van der Waals surface area contributed by atoms with Crippen LogP contribution >= 0.6 is 0 Å². The highest BCUT2D eigenvalue weighted by molar-refractivity contribution is 5.92. The maximum Gasteiger partial charge on any atom is 0.272 e. The Morgan fingerprint density at radius 1 is 1.22 bits per heavy atom. The van der Waals surface area contributed by atoms with Crippen LogP contribution in [-0.4, -0.2) is 49.0 Å². The van der Waals surface area contributed by atoms with Crippen molar-refractivity contribution in [3.05, 3.63) is 53.8 Å². The molecule has 8 nitrogen and oxygen atoms in total.